The van der Waals surface area contributed by atoms with Gasteiger partial charge in [-0.05, 0) is 38.5 Å². The number of amides is 1. The number of rotatable bonds is 4. The zero-order valence-corrected chi connectivity index (χ0v) is 21.6. The molecular weight excluding hydrogens is 474 g/mol. The van der Waals surface area contributed by atoms with Crippen molar-refractivity contribution < 1.29 is 47.9 Å². The summed E-state index contributed by atoms with van der Waals surface area (Å²) in [5, 5.41) is 12.2. The van der Waals surface area contributed by atoms with Crippen LogP contribution in [-0.2, 0) is 28.5 Å². The van der Waals surface area contributed by atoms with E-state index in [1.807, 2.05) is 0 Å². The molecular formula is C25H39NO10. The number of carboxylic acid groups (broad SMARTS) is 1. The van der Waals surface area contributed by atoms with Crippen molar-refractivity contribution in [3.05, 3.63) is 23.8 Å². The second-order valence-corrected chi connectivity index (χ2v) is 9.10. The topological polar surface area (TPSA) is 131 Å². The molecule has 0 radical (unpaired) electrons. The Hall–Kier alpha value is -2.60. The SMILES string of the molecule is CC(c1ccc2c(c1)OCCOCCOCCOCCOCCO2)C(NC(=O)OC(C)(C)C)C(=O)O. The molecule has 11 heteroatoms. The van der Waals surface area contributed by atoms with E-state index in [1.54, 1.807) is 45.9 Å². The van der Waals surface area contributed by atoms with Crippen molar-refractivity contribution in [3.63, 3.8) is 0 Å². The van der Waals surface area contributed by atoms with Crippen LogP contribution in [0.5, 0.6) is 11.5 Å². The number of carbonyl (C=O) groups is 2. The van der Waals surface area contributed by atoms with Crippen molar-refractivity contribution >= 4 is 12.1 Å². The first-order valence-corrected chi connectivity index (χ1v) is 12.1. The van der Waals surface area contributed by atoms with E-state index in [0.717, 1.165) is 0 Å². The van der Waals surface area contributed by atoms with Gasteiger partial charge >= 0.3 is 12.1 Å². The molecule has 0 saturated heterocycles. The molecule has 1 amide bonds. The van der Waals surface area contributed by atoms with Gasteiger partial charge in [-0.3, -0.25) is 0 Å². The maximum absolute atomic E-state index is 12.2. The van der Waals surface area contributed by atoms with Crippen molar-refractivity contribution in [2.45, 2.75) is 45.3 Å². The number of nitrogens with one attached hydrogen (secondary N) is 1. The lowest BCUT2D eigenvalue weighted by molar-refractivity contribution is -0.140. The zero-order chi connectivity index (χ0) is 26.4. The summed E-state index contributed by atoms with van der Waals surface area (Å²) >= 11 is 0. The van der Waals surface area contributed by atoms with Crippen LogP contribution in [0.3, 0.4) is 0 Å². The van der Waals surface area contributed by atoms with Gasteiger partial charge in [0.15, 0.2) is 11.5 Å². The minimum atomic E-state index is -1.21. The minimum Gasteiger partial charge on any atom is -0.487 e. The highest BCUT2D eigenvalue weighted by atomic mass is 16.6. The summed E-state index contributed by atoms with van der Waals surface area (Å²) in [6.45, 7) is 10.8. The first-order valence-electron chi connectivity index (χ1n) is 12.1. The van der Waals surface area contributed by atoms with Gasteiger partial charge < -0.3 is 43.6 Å². The van der Waals surface area contributed by atoms with Crippen LogP contribution in [-0.4, -0.2) is 94.9 Å². The minimum absolute atomic E-state index is 0.256. The van der Waals surface area contributed by atoms with Gasteiger partial charge in [0.2, 0.25) is 0 Å². The van der Waals surface area contributed by atoms with Crippen LogP contribution in [0.15, 0.2) is 18.2 Å². The summed E-state index contributed by atoms with van der Waals surface area (Å²) in [4.78, 5) is 24.2. The number of alkyl carbamates (subject to hydrolysis) is 1. The van der Waals surface area contributed by atoms with Crippen LogP contribution >= 0.6 is 0 Å². The van der Waals surface area contributed by atoms with Crippen LogP contribution in [0.2, 0.25) is 0 Å². The second kappa shape index (κ2) is 15.5. The van der Waals surface area contributed by atoms with Gasteiger partial charge in [-0.15, -0.1) is 0 Å². The first-order chi connectivity index (χ1) is 17.2. The third-order valence-electron chi connectivity index (χ3n) is 5.02. The van der Waals surface area contributed by atoms with E-state index in [4.69, 9.17) is 33.2 Å². The normalized spacial score (nSPS) is 18.7. The van der Waals surface area contributed by atoms with E-state index in [-0.39, 0.29) is 6.61 Å². The molecule has 1 aliphatic heterocycles. The largest absolute Gasteiger partial charge is 0.487 e. The van der Waals surface area contributed by atoms with Gasteiger partial charge in [-0.25, -0.2) is 9.59 Å². The number of hydrogen-bond acceptors (Lipinski definition) is 9. The number of ether oxygens (including phenoxy) is 7. The smallest absolute Gasteiger partial charge is 0.408 e. The molecule has 36 heavy (non-hydrogen) atoms. The number of fused-ring (bicyclic) bond motifs is 1. The fourth-order valence-corrected chi connectivity index (χ4v) is 3.25. The van der Waals surface area contributed by atoms with Crippen molar-refractivity contribution in [3.8, 4) is 11.5 Å². The van der Waals surface area contributed by atoms with Gasteiger partial charge in [0, 0.05) is 5.92 Å². The van der Waals surface area contributed by atoms with E-state index >= 15 is 0 Å². The molecule has 1 aromatic rings. The van der Waals surface area contributed by atoms with E-state index in [0.29, 0.717) is 76.5 Å². The molecule has 1 heterocycles. The summed E-state index contributed by atoms with van der Waals surface area (Å²) in [7, 11) is 0. The van der Waals surface area contributed by atoms with Crippen molar-refractivity contribution in [2.75, 3.05) is 66.1 Å². The number of aliphatic carboxylic acids is 1. The molecule has 2 N–H and O–H groups in total. The van der Waals surface area contributed by atoms with Gasteiger partial charge in [-0.2, -0.15) is 0 Å². The standard InChI is InChI=1S/C25H39NO10/c1-18(22(23(27)28)26-24(29)36-25(2,3)4)19-5-6-20-21(17-19)35-16-14-33-12-10-31-8-7-30-9-11-32-13-15-34-20/h5-6,17-18,22H,7-16H2,1-4H3,(H,26,29)(H,27,28). The Balaban J connectivity index is 2.11. The van der Waals surface area contributed by atoms with Crippen molar-refractivity contribution in [2.24, 2.45) is 0 Å². The highest BCUT2D eigenvalue weighted by molar-refractivity contribution is 5.81. The zero-order valence-electron chi connectivity index (χ0n) is 21.6. The summed E-state index contributed by atoms with van der Waals surface area (Å²) < 4.78 is 38.9. The molecule has 2 rings (SSSR count). The Morgan fingerprint density at radius 3 is 1.78 bits per heavy atom. The van der Waals surface area contributed by atoms with Crippen LogP contribution in [0.1, 0.15) is 39.2 Å². The van der Waals surface area contributed by atoms with Crippen LogP contribution in [0.25, 0.3) is 0 Å². The lowest BCUT2D eigenvalue weighted by Crippen LogP contribution is -2.46. The van der Waals surface area contributed by atoms with Gasteiger partial charge in [0.1, 0.15) is 24.9 Å². The Bertz CT molecular complexity index is 811. The molecule has 0 bridgehead atoms. The maximum Gasteiger partial charge on any atom is 0.408 e. The predicted molar refractivity (Wildman–Crippen MR) is 130 cm³/mol. The quantitative estimate of drug-likeness (QED) is 0.619. The summed E-state index contributed by atoms with van der Waals surface area (Å²) in [6.07, 6.45) is -0.802. The van der Waals surface area contributed by atoms with Crippen molar-refractivity contribution in [1.29, 1.82) is 0 Å². The van der Waals surface area contributed by atoms with Gasteiger partial charge in [-0.1, -0.05) is 13.0 Å². The Morgan fingerprint density at radius 1 is 0.833 bits per heavy atom. The molecule has 11 nitrogen and oxygen atoms in total. The van der Waals surface area contributed by atoms with E-state index in [1.165, 1.54) is 0 Å². The molecule has 204 valence electrons. The molecule has 0 fully saturated rings. The second-order valence-electron chi connectivity index (χ2n) is 9.10. The Morgan fingerprint density at radius 2 is 1.31 bits per heavy atom. The lowest BCUT2D eigenvalue weighted by Gasteiger charge is -2.25. The third-order valence-corrected chi connectivity index (χ3v) is 5.02. The van der Waals surface area contributed by atoms with Crippen LogP contribution in [0, 0.1) is 0 Å². The third kappa shape index (κ3) is 11.4. The van der Waals surface area contributed by atoms with E-state index in [9.17, 15) is 14.7 Å². The van der Waals surface area contributed by atoms with E-state index < -0.39 is 29.6 Å². The maximum atomic E-state index is 12.2. The Labute approximate surface area is 212 Å². The molecule has 1 aromatic carbocycles. The summed E-state index contributed by atoms with van der Waals surface area (Å²) in [5.74, 6) is -0.845. The first kappa shape index (κ1) is 29.6. The fraction of sp³-hybridized carbons (Fsp3) is 0.680. The average molecular weight is 514 g/mol. The number of hydrogen-bond donors (Lipinski definition) is 2. The van der Waals surface area contributed by atoms with Crippen molar-refractivity contribution in [1.82, 2.24) is 5.32 Å². The molecule has 0 spiro atoms. The highest BCUT2D eigenvalue weighted by Gasteiger charge is 2.30. The van der Waals surface area contributed by atoms with Gasteiger partial charge in [0.05, 0.1) is 52.9 Å². The lowest BCUT2D eigenvalue weighted by atomic mass is 9.93. The van der Waals surface area contributed by atoms with Crippen LogP contribution in [0.4, 0.5) is 4.79 Å². The van der Waals surface area contributed by atoms with Gasteiger partial charge in [0.25, 0.3) is 0 Å². The average Bonchev–Trinajstić information content (AvgIpc) is 2.80. The summed E-state index contributed by atoms with van der Waals surface area (Å²) in [6, 6.07) is 3.96. The number of carbonyl (C=O) groups excluding carboxylic acids is 1. The molecule has 2 unspecified atom stereocenters. The molecule has 0 aliphatic carbocycles. The van der Waals surface area contributed by atoms with Crippen LogP contribution < -0.4 is 14.8 Å². The molecule has 2 atom stereocenters. The fourth-order valence-electron chi connectivity index (χ4n) is 3.25. The molecule has 0 saturated carbocycles. The Kier molecular flexibility index (Phi) is 12.8. The predicted octanol–water partition coefficient (Wildman–Crippen LogP) is 2.61. The number of benzene rings is 1. The monoisotopic (exact) mass is 513 g/mol. The molecule has 0 aromatic heterocycles. The highest BCUT2D eigenvalue weighted by Crippen LogP contribution is 2.32. The van der Waals surface area contributed by atoms with E-state index in [2.05, 4.69) is 5.32 Å². The number of carboxylic acids is 1. The summed E-state index contributed by atoms with van der Waals surface area (Å²) in [5.41, 5.74) is -0.108. The molecule has 1 aliphatic rings.